The third-order valence-corrected chi connectivity index (χ3v) is 4.91. The van der Waals surface area contributed by atoms with Gasteiger partial charge >= 0.3 is 10.2 Å². The maximum atomic E-state index is 12.9. The zero-order chi connectivity index (χ0) is 16.4. The molecule has 0 saturated carbocycles. The summed E-state index contributed by atoms with van der Waals surface area (Å²) in [7, 11) is -4.67. The van der Waals surface area contributed by atoms with Crippen LogP contribution in [-0.4, -0.2) is 36.5 Å². The second kappa shape index (κ2) is 8.93. The van der Waals surface area contributed by atoms with E-state index in [9.17, 15) is 12.3 Å². The molecule has 1 N–H and O–H groups in total. The molecule has 1 aliphatic rings. The fourth-order valence-electron chi connectivity index (χ4n) is 2.98. The number of nitrogens with one attached hydrogen (secondary N) is 1. The van der Waals surface area contributed by atoms with Gasteiger partial charge in [0.1, 0.15) is 5.69 Å². The lowest BCUT2D eigenvalue weighted by atomic mass is 9.92. The quantitative estimate of drug-likeness (QED) is 0.783. The minimum absolute atomic E-state index is 0. The van der Waals surface area contributed by atoms with Gasteiger partial charge in [-0.25, -0.2) is 0 Å². The molecule has 25 heavy (non-hydrogen) atoms. The average Bonchev–Trinajstić information content (AvgIpc) is 2.95. The SMILES string of the molecule is CC1CNCC(Cn2cc(-c3ccc(S(=O)(=O)F)cc3)nn2)C1.Cl.Cl. The molecule has 0 amide bonds. The third kappa shape index (κ3) is 5.64. The molecule has 3 rings (SSSR count). The van der Waals surface area contributed by atoms with Crippen LogP contribution in [0.4, 0.5) is 3.89 Å². The molecular formula is C15H21Cl2FN4O2S. The summed E-state index contributed by atoms with van der Waals surface area (Å²) in [5.74, 6) is 1.18. The molecule has 1 saturated heterocycles. The van der Waals surface area contributed by atoms with Crippen molar-refractivity contribution >= 4 is 35.0 Å². The molecule has 0 aliphatic carbocycles. The van der Waals surface area contributed by atoms with Crippen molar-refractivity contribution in [3.05, 3.63) is 30.5 Å². The highest BCUT2D eigenvalue weighted by molar-refractivity contribution is 7.86. The minimum atomic E-state index is -4.67. The Balaban J connectivity index is 0.00000156. The number of benzene rings is 1. The smallest absolute Gasteiger partial charge is 0.316 e. The summed E-state index contributed by atoms with van der Waals surface area (Å²) in [6.07, 6.45) is 2.99. The van der Waals surface area contributed by atoms with Crippen LogP contribution in [0.3, 0.4) is 0 Å². The highest BCUT2D eigenvalue weighted by Gasteiger charge is 2.19. The molecule has 2 atom stereocenters. The zero-order valence-corrected chi connectivity index (χ0v) is 16.1. The Bertz CT molecular complexity index is 783. The molecule has 140 valence electrons. The van der Waals surface area contributed by atoms with Crippen LogP contribution in [0.1, 0.15) is 13.3 Å². The first-order valence-corrected chi connectivity index (χ1v) is 8.96. The van der Waals surface area contributed by atoms with E-state index >= 15 is 0 Å². The summed E-state index contributed by atoms with van der Waals surface area (Å²) in [5.41, 5.74) is 1.35. The minimum Gasteiger partial charge on any atom is -0.316 e. The van der Waals surface area contributed by atoms with Crippen LogP contribution in [0.2, 0.25) is 0 Å². The second-order valence-electron chi connectivity index (χ2n) is 6.15. The van der Waals surface area contributed by atoms with Crippen molar-refractivity contribution in [1.29, 1.82) is 0 Å². The molecule has 2 unspecified atom stereocenters. The molecule has 0 bridgehead atoms. The predicted octanol–water partition coefficient (Wildman–Crippen LogP) is 2.69. The fraction of sp³-hybridized carbons (Fsp3) is 0.467. The van der Waals surface area contributed by atoms with E-state index in [0.29, 0.717) is 23.1 Å². The molecule has 0 spiro atoms. The largest absolute Gasteiger partial charge is 0.332 e. The molecule has 1 aliphatic heterocycles. The van der Waals surface area contributed by atoms with Gasteiger partial charge in [-0.2, -0.15) is 8.42 Å². The molecule has 6 nitrogen and oxygen atoms in total. The second-order valence-corrected chi connectivity index (χ2v) is 7.50. The number of halogens is 3. The van der Waals surface area contributed by atoms with E-state index in [1.165, 1.54) is 24.3 Å². The standard InChI is InChI=1S/C15H19FN4O2S.2ClH/c1-11-6-12(8-17-7-11)9-20-10-15(18-19-20)13-2-4-14(5-3-13)23(16,21)22;;/h2-5,10-12,17H,6-9H2,1H3;2*1H. The Labute approximate surface area is 159 Å². The monoisotopic (exact) mass is 410 g/mol. The van der Waals surface area contributed by atoms with Crippen LogP contribution in [-0.2, 0) is 16.8 Å². The summed E-state index contributed by atoms with van der Waals surface area (Å²) in [4.78, 5) is -0.351. The molecule has 0 radical (unpaired) electrons. The van der Waals surface area contributed by atoms with Crippen LogP contribution in [0, 0.1) is 11.8 Å². The van der Waals surface area contributed by atoms with E-state index in [4.69, 9.17) is 0 Å². The summed E-state index contributed by atoms with van der Waals surface area (Å²) >= 11 is 0. The van der Waals surface area contributed by atoms with E-state index in [2.05, 4.69) is 22.6 Å². The number of piperidine rings is 1. The van der Waals surface area contributed by atoms with Gasteiger partial charge in [-0.15, -0.1) is 33.8 Å². The highest BCUT2D eigenvalue weighted by atomic mass is 35.5. The number of hydrogen-bond donors (Lipinski definition) is 1. The van der Waals surface area contributed by atoms with E-state index in [1.54, 1.807) is 4.68 Å². The van der Waals surface area contributed by atoms with Gasteiger partial charge in [0, 0.05) is 12.1 Å². The van der Waals surface area contributed by atoms with E-state index < -0.39 is 10.2 Å². The van der Waals surface area contributed by atoms with Gasteiger partial charge in [-0.3, -0.25) is 4.68 Å². The van der Waals surface area contributed by atoms with Crippen LogP contribution < -0.4 is 5.32 Å². The van der Waals surface area contributed by atoms with E-state index in [0.717, 1.165) is 26.1 Å². The molecule has 2 aromatic rings. The van der Waals surface area contributed by atoms with Gasteiger partial charge in [-0.05, 0) is 43.5 Å². The lowest BCUT2D eigenvalue weighted by Gasteiger charge is -2.27. The van der Waals surface area contributed by atoms with Crippen LogP contribution in [0.5, 0.6) is 0 Å². The number of aromatic nitrogens is 3. The lowest BCUT2D eigenvalue weighted by molar-refractivity contribution is 0.266. The Morgan fingerprint density at radius 2 is 1.92 bits per heavy atom. The molecule has 1 fully saturated rings. The van der Waals surface area contributed by atoms with E-state index in [1.807, 2.05) is 6.20 Å². The van der Waals surface area contributed by atoms with Gasteiger partial charge in [0.15, 0.2) is 0 Å². The maximum absolute atomic E-state index is 12.9. The summed E-state index contributed by atoms with van der Waals surface area (Å²) < 4.78 is 36.3. The first-order chi connectivity index (χ1) is 10.9. The molecule has 1 aromatic carbocycles. The normalized spacial score (nSPS) is 20.4. The van der Waals surface area contributed by atoms with Crippen molar-refractivity contribution in [1.82, 2.24) is 20.3 Å². The molecule has 1 aromatic heterocycles. The number of nitrogens with zero attached hydrogens (tertiary/aromatic N) is 3. The lowest BCUT2D eigenvalue weighted by Crippen LogP contribution is -2.37. The molecular weight excluding hydrogens is 390 g/mol. The van der Waals surface area contributed by atoms with Gasteiger partial charge in [-0.1, -0.05) is 24.3 Å². The number of rotatable bonds is 4. The van der Waals surface area contributed by atoms with Crippen molar-refractivity contribution in [2.24, 2.45) is 11.8 Å². The van der Waals surface area contributed by atoms with Crippen molar-refractivity contribution < 1.29 is 12.3 Å². The first kappa shape index (κ1) is 21.8. The van der Waals surface area contributed by atoms with Crippen LogP contribution in [0.15, 0.2) is 35.4 Å². The Morgan fingerprint density at radius 3 is 2.52 bits per heavy atom. The van der Waals surface area contributed by atoms with Crippen molar-refractivity contribution in [3.63, 3.8) is 0 Å². The van der Waals surface area contributed by atoms with E-state index in [-0.39, 0.29) is 29.7 Å². The third-order valence-electron chi connectivity index (χ3n) is 4.08. The van der Waals surface area contributed by atoms with Crippen molar-refractivity contribution in [2.75, 3.05) is 13.1 Å². The number of hydrogen-bond acceptors (Lipinski definition) is 5. The van der Waals surface area contributed by atoms with Crippen molar-refractivity contribution in [2.45, 2.75) is 24.8 Å². The predicted molar refractivity (Wildman–Crippen MR) is 98.4 cm³/mol. The summed E-state index contributed by atoms with van der Waals surface area (Å²) in [5, 5.41) is 11.7. The summed E-state index contributed by atoms with van der Waals surface area (Å²) in [6.45, 7) is 5.05. The van der Waals surface area contributed by atoms with Crippen molar-refractivity contribution in [3.8, 4) is 11.3 Å². The Hall–Kier alpha value is -1.22. The van der Waals surface area contributed by atoms with Gasteiger partial charge in [0.05, 0.1) is 11.1 Å². The van der Waals surface area contributed by atoms with Gasteiger partial charge in [0.25, 0.3) is 0 Å². The Kier molecular flexibility index (Phi) is 7.80. The molecule has 10 heteroatoms. The topological polar surface area (TPSA) is 76.9 Å². The average molecular weight is 411 g/mol. The molecule has 2 heterocycles. The van der Waals surface area contributed by atoms with Gasteiger partial charge < -0.3 is 5.32 Å². The Morgan fingerprint density at radius 1 is 1.24 bits per heavy atom. The van der Waals surface area contributed by atoms with Gasteiger partial charge in [0.2, 0.25) is 0 Å². The highest BCUT2D eigenvalue weighted by Crippen LogP contribution is 2.21. The van der Waals surface area contributed by atoms with Crippen LogP contribution in [0.25, 0.3) is 11.3 Å². The fourth-order valence-corrected chi connectivity index (χ4v) is 3.44. The summed E-state index contributed by atoms with van der Waals surface area (Å²) in [6, 6.07) is 5.53. The maximum Gasteiger partial charge on any atom is 0.332 e. The zero-order valence-electron chi connectivity index (χ0n) is 13.6. The van der Waals surface area contributed by atoms with Crippen LogP contribution >= 0.6 is 24.8 Å². The first-order valence-electron chi connectivity index (χ1n) is 7.58.